The number of aromatic hydroxyl groups is 1. The van der Waals surface area contributed by atoms with Crippen LogP contribution < -0.4 is 5.32 Å². The fourth-order valence-electron chi connectivity index (χ4n) is 2.66. The second-order valence-corrected chi connectivity index (χ2v) is 6.08. The van der Waals surface area contributed by atoms with Gasteiger partial charge in [-0.25, -0.2) is 4.79 Å². The summed E-state index contributed by atoms with van der Waals surface area (Å²) in [5, 5.41) is 14.6. The molecule has 0 fully saturated rings. The van der Waals surface area contributed by atoms with Gasteiger partial charge in [-0.15, -0.1) is 0 Å². The summed E-state index contributed by atoms with van der Waals surface area (Å²) in [7, 11) is 0. The van der Waals surface area contributed by atoms with Crippen LogP contribution >= 0.6 is 0 Å². The van der Waals surface area contributed by atoms with E-state index in [2.05, 4.69) is 5.32 Å². The molecule has 5 heteroatoms. The number of hydrogen-bond donors (Lipinski definition) is 2. The van der Waals surface area contributed by atoms with Gasteiger partial charge in [-0.2, -0.15) is 0 Å². The number of rotatable bonds is 4. The van der Waals surface area contributed by atoms with E-state index in [-0.39, 0.29) is 11.3 Å². The maximum absolute atomic E-state index is 12.4. The highest BCUT2D eigenvalue weighted by atomic mass is 16.5. The molecule has 3 aromatic rings. The second-order valence-electron chi connectivity index (χ2n) is 6.08. The zero-order valence-corrected chi connectivity index (χ0v) is 14.5. The predicted octanol–water partition coefficient (Wildman–Crippen LogP) is 4.04. The van der Waals surface area contributed by atoms with E-state index in [0.29, 0.717) is 5.69 Å². The number of aryl methyl sites for hydroxylation is 1. The van der Waals surface area contributed by atoms with Crippen LogP contribution in [0.3, 0.4) is 0 Å². The number of phenolic OH excluding ortho intramolecular Hbond substituents is 1. The van der Waals surface area contributed by atoms with E-state index in [1.807, 2.05) is 36.4 Å². The maximum Gasteiger partial charge on any atom is 0.342 e. The van der Waals surface area contributed by atoms with Gasteiger partial charge in [0.15, 0.2) is 6.10 Å². The van der Waals surface area contributed by atoms with E-state index in [9.17, 15) is 14.7 Å². The summed E-state index contributed by atoms with van der Waals surface area (Å²) in [5.41, 5.74) is 1.50. The third kappa shape index (κ3) is 3.67. The van der Waals surface area contributed by atoms with Gasteiger partial charge in [-0.3, -0.25) is 4.79 Å². The molecule has 0 saturated heterocycles. The number of carbonyl (C=O) groups is 2. The fraction of sp³-hybridized carbons (Fsp3) is 0.143. The Morgan fingerprint density at radius 3 is 2.54 bits per heavy atom. The highest BCUT2D eigenvalue weighted by Crippen LogP contribution is 2.24. The second kappa shape index (κ2) is 7.27. The molecule has 0 heterocycles. The molecule has 0 spiro atoms. The van der Waals surface area contributed by atoms with E-state index in [1.54, 1.807) is 19.1 Å². The molecule has 0 aliphatic rings. The van der Waals surface area contributed by atoms with Crippen molar-refractivity contribution in [1.29, 1.82) is 0 Å². The van der Waals surface area contributed by atoms with Gasteiger partial charge in [0.2, 0.25) is 0 Å². The third-order valence-corrected chi connectivity index (χ3v) is 4.07. The number of carbonyl (C=O) groups excluding carboxylic acids is 2. The summed E-state index contributed by atoms with van der Waals surface area (Å²) >= 11 is 0. The van der Waals surface area contributed by atoms with Gasteiger partial charge in [-0.1, -0.05) is 42.5 Å². The minimum Gasteiger partial charge on any atom is -0.507 e. The lowest BCUT2D eigenvalue weighted by molar-refractivity contribution is -0.123. The SMILES string of the molecule is Cc1ccc(C(=O)O[C@@H](C)C(=O)Nc2cccc3ccccc23)c(O)c1. The number of esters is 1. The lowest BCUT2D eigenvalue weighted by Gasteiger charge is -2.15. The highest BCUT2D eigenvalue weighted by Gasteiger charge is 2.21. The summed E-state index contributed by atoms with van der Waals surface area (Å²) < 4.78 is 5.19. The van der Waals surface area contributed by atoms with Crippen molar-refractivity contribution in [2.45, 2.75) is 20.0 Å². The van der Waals surface area contributed by atoms with Crippen molar-refractivity contribution in [3.63, 3.8) is 0 Å². The molecule has 2 N–H and O–H groups in total. The maximum atomic E-state index is 12.4. The molecule has 0 saturated carbocycles. The number of anilines is 1. The molecule has 0 bridgehead atoms. The van der Waals surface area contributed by atoms with E-state index in [4.69, 9.17) is 4.74 Å². The topological polar surface area (TPSA) is 75.6 Å². The van der Waals surface area contributed by atoms with Gasteiger partial charge >= 0.3 is 5.97 Å². The van der Waals surface area contributed by atoms with Crippen molar-refractivity contribution < 1.29 is 19.4 Å². The van der Waals surface area contributed by atoms with Crippen LogP contribution in [0.2, 0.25) is 0 Å². The Kier molecular flexibility index (Phi) is 4.89. The van der Waals surface area contributed by atoms with Crippen LogP contribution in [0, 0.1) is 6.92 Å². The molecule has 0 aliphatic heterocycles. The summed E-state index contributed by atoms with van der Waals surface area (Å²) in [4.78, 5) is 24.6. The van der Waals surface area contributed by atoms with Gasteiger partial charge in [0, 0.05) is 11.1 Å². The number of amides is 1. The van der Waals surface area contributed by atoms with Crippen LogP contribution in [0.5, 0.6) is 5.75 Å². The van der Waals surface area contributed by atoms with E-state index in [0.717, 1.165) is 16.3 Å². The van der Waals surface area contributed by atoms with Crippen molar-refractivity contribution in [3.8, 4) is 5.75 Å². The molecule has 0 unspecified atom stereocenters. The molecule has 3 aromatic carbocycles. The molecule has 132 valence electrons. The quantitative estimate of drug-likeness (QED) is 0.697. The first-order chi connectivity index (χ1) is 12.5. The first-order valence-electron chi connectivity index (χ1n) is 8.25. The van der Waals surface area contributed by atoms with Crippen LogP contribution in [-0.4, -0.2) is 23.1 Å². The predicted molar refractivity (Wildman–Crippen MR) is 100 cm³/mol. The number of benzene rings is 3. The molecule has 3 rings (SSSR count). The Balaban J connectivity index is 1.72. The Labute approximate surface area is 151 Å². The van der Waals surface area contributed by atoms with E-state index >= 15 is 0 Å². The van der Waals surface area contributed by atoms with Crippen molar-refractivity contribution in [3.05, 3.63) is 71.8 Å². The van der Waals surface area contributed by atoms with Gasteiger partial charge in [0.05, 0.1) is 0 Å². The van der Waals surface area contributed by atoms with Gasteiger partial charge in [0.1, 0.15) is 11.3 Å². The molecule has 1 atom stereocenters. The van der Waals surface area contributed by atoms with Gasteiger partial charge in [-0.05, 0) is 43.0 Å². The minimum absolute atomic E-state index is 0.0282. The molecule has 5 nitrogen and oxygen atoms in total. The van der Waals surface area contributed by atoms with Crippen molar-refractivity contribution >= 4 is 28.3 Å². The normalized spacial score (nSPS) is 11.8. The standard InChI is InChI=1S/C21H19NO4/c1-13-10-11-17(19(23)12-13)21(25)26-14(2)20(24)22-18-9-5-7-15-6-3-4-8-16(15)18/h3-12,14,23H,1-2H3,(H,22,24)/t14-/m0/s1. The summed E-state index contributed by atoms with van der Waals surface area (Å²) in [6, 6.07) is 17.9. The van der Waals surface area contributed by atoms with Crippen molar-refractivity contribution in [2.24, 2.45) is 0 Å². The lowest BCUT2D eigenvalue weighted by Crippen LogP contribution is -2.30. The van der Waals surface area contributed by atoms with Crippen LogP contribution in [-0.2, 0) is 9.53 Å². The van der Waals surface area contributed by atoms with E-state index in [1.165, 1.54) is 19.1 Å². The molecule has 0 radical (unpaired) electrons. The number of fused-ring (bicyclic) bond motifs is 1. The summed E-state index contributed by atoms with van der Waals surface area (Å²) in [5.74, 6) is -1.36. The van der Waals surface area contributed by atoms with Crippen molar-refractivity contribution in [1.82, 2.24) is 0 Å². The average molecular weight is 349 g/mol. The van der Waals surface area contributed by atoms with Gasteiger partial charge < -0.3 is 15.2 Å². The number of hydrogen-bond acceptors (Lipinski definition) is 4. The Hall–Kier alpha value is -3.34. The number of nitrogens with one attached hydrogen (secondary N) is 1. The van der Waals surface area contributed by atoms with E-state index < -0.39 is 18.0 Å². The minimum atomic E-state index is -1.01. The monoisotopic (exact) mass is 349 g/mol. The first kappa shape index (κ1) is 17.5. The molecular weight excluding hydrogens is 330 g/mol. The van der Waals surface area contributed by atoms with Crippen LogP contribution in [0.1, 0.15) is 22.8 Å². The Morgan fingerprint density at radius 1 is 1.04 bits per heavy atom. The van der Waals surface area contributed by atoms with Gasteiger partial charge in [0.25, 0.3) is 5.91 Å². The highest BCUT2D eigenvalue weighted by molar-refractivity contribution is 6.04. The molecule has 1 amide bonds. The van der Waals surface area contributed by atoms with Crippen LogP contribution in [0.15, 0.2) is 60.7 Å². The zero-order valence-electron chi connectivity index (χ0n) is 14.5. The third-order valence-electron chi connectivity index (χ3n) is 4.07. The average Bonchev–Trinajstić information content (AvgIpc) is 2.61. The van der Waals surface area contributed by atoms with Crippen LogP contribution in [0.4, 0.5) is 5.69 Å². The fourth-order valence-corrected chi connectivity index (χ4v) is 2.66. The lowest BCUT2D eigenvalue weighted by atomic mass is 10.1. The number of phenols is 1. The summed E-state index contributed by atoms with van der Waals surface area (Å²) in [6.07, 6.45) is -1.01. The first-order valence-corrected chi connectivity index (χ1v) is 8.25. The molecule has 26 heavy (non-hydrogen) atoms. The molecular formula is C21H19NO4. The number of ether oxygens (including phenoxy) is 1. The largest absolute Gasteiger partial charge is 0.507 e. The zero-order chi connectivity index (χ0) is 18.7. The molecule has 0 aliphatic carbocycles. The van der Waals surface area contributed by atoms with Crippen molar-refractivity contribution in [2.75, 3.05) is 5.32 Å². The summed E-state index contributed by atoms with van der Waals surface area (Å²) in [6.45, 7) is 3.29. The Morgan fingerprint density at radius 2 is 1.77 bits per heavy atom. The Bertz CT molecular complexity index is 975. The van der Waals surface area contributed by atoms with Crippen LogP contribution in [0.25, 0.3) is 10.8 Å². The smallest absolute Gasteiger partial charge is 0.342 e. The molecule has 0 aromatic heterocycles.